The van der Waals surface area contributed by atoms with Crippen LogP contribution in [0.25, 0.3) is 0 Å². The van der Waals surface area contributed by atoms with Gasteiger partial charge in [-0.3, -0.25) is 0 Å². The van der Waals surface area contributed by atoms with Crippen molar-refractivity contribution in [2.75, 3.05) is 7.11 Å². The van der Waals surface area contributed by atoms with Crippen LogP contribution in [0.3, 0.4) is 0 Å². The molecular weight excluding hydrogens is 286 g/mol. The molecule has 5 heteroatoms. The molecule has 0 fully saturated rings. The Hall–Kier alpha value is -2.14. The third kappa shape index (κ3) is 3.70. The quantitative estimate of drug-likeness (QED) is 0.815. The van der Waals surface area contributed by atoms with Crippen LogP contribution in [0, 0.1) is 13.8 Å². The van der Waals surface area contributed by atoms with Crippen molar-refractivity contribution in [3.05, 3.63) is 59.2 Å². The fraction of sp³-hybridized carbons (Fsp3) is 0.188. The Morgan fingerprint density at radius 2 is 1.71 bits per heavy atom. The Kier molecular flexibility index (Phi) is 4.43. The second-order valence-electron chi connectivity index (χ2n) is 4.75. The van der Waals surface area contributed by atoms with Gasteiger partial charge >= 0.3 is 0 Å². The average Bonchev–Trinajstić information content (AvgIpc) is 2.46. The molecule has 0 N–H and O–H groups in total. The summed E-state index contributed by atoms with van der Waals surface area (Å²) in [4.78, 5) is 0.189. The minimum absolute atomic E-state index is 0.189. The predicted molar refractivity (Wildman–Crippen MR) is 83.7 cm³/mol. The molecule has 0 aromatic heterocycles. The second kappa shape index (κ2) is 6.10. The van der Waals surface area contributed by atoms with Crippen molar-refractivity contribution in [3.8, 4) is 5.75 Å². The molecule has 0 atom stereocenters. The van der Waals surface area contributed by atoms with Gasteiger partial charge in [-0.1, -0.05) is 17.7 Å². The summed E-state index contributed by atoms with van der Waals surface area (Å²) >= 11 is 0. The van der Waals surface area contributed by atoms with Crippen molar-refractivity contribution >= 4 is 16.2 Å². The fourth-order valence-corrected chi connectivity index (χ4v) is 2.75. The molecule has 0 aliphatic heterocycles. The van der Waals surface area contributed by atoms with E-state index in [9.17, 15) is 8.42 Å². The van der Waals surface area contributed by atoms with E-state index in [0.717, 1.165) is 16.9 Å². The summed E-state index contributed by atoms with van der Waals surface area (Å²) in [6.45, 7) is 3.80. The molecule has 21 heavy (non-hydrogen) atoms. The standard InChI is InChI=1S/C16H17NO3S/c1-12-4-7-15(8-5-12)21(18,19)17-11-14-6-9-16(20-3)13(2)10-14/h4-11H,1-3H3. The summed E-state index contributed by atoms with van der Waals surface area (Å²) in [5.74, 6) is 0.758. The van der Waals surface area contributed by atoms with Crippen molar-refractivity contribution in [2.45, 2.75) is 18.7 Å². The van der Waals surface area contributed by atoms with Crippen LogP contribution in [0.5, 0.6) is 5.75 Å². The Morgan fingerprint density at radius 1 is 1.05 bits per heavy atom. The number of methoxy groups -OCH3 is 1. The van der Waals surface area contributed by atoms with E-state index in [2.05, 4.69) is 4.40 Å². The van der Waals surface area contributed by atoms with Gasteiger partial charge in [0.15, 0.2) is 0 Å². The summed E-state index contributed by atoms with van der Waals surface area (Å²) in [5, 5.41) is 0. The van der Waals surface area contributed by atoms with Gasteiger partial charge in [0.25, 0.3) is 10.0 Å². The van der Waals surface area contributed by atoms with E-state index in [0.29, 0.717) is 5.56 Å². The highest BCUT2D eigenvalue weighted by Crippen LogP contribution is 2.18. The first-order valence-electron chi connectivity index (χ1n) is 6.44. The van der Waals surface area contributed by atoms with Crippen molar-refractivity contribution in [1.29, 1.82) is 0 Å². The molecule has 0 saturated heterocycles. The maximum absolute atomic E-state index is 12.1. The highest BCUT2D eigenvalue weighted by molar-refractivity contribution is 7.90. The van der Waals surface area contributed by atoms with E-state index in [1.54, 1.807) is 43.5 Å². The first-order chi connectivity index (χ1) is 9.92. The van der Waals surface area contributed by atoms with Gasteiger partial charge in [-0.05, 0) is 55.3 Å². The van der Waals surface area contributed by atoms with Crippen LogP contribution in [0.2, 0.25) is 0 Å². The molecule has 0 heterocycles. The third-order valence-electron chi connectivity index (χ3n) is 3.08. The van der Waals surface area contributed by atoms with E-state index in [1.807, 2.05) is 19.9 Å². The van der Waals surface area contributed by atoms with E-state index < -0.39 is 10.0 Å². The number of hydrogen-bond acceptors (Lipinski definition) is 3. The predicted octanol–water partition coefficient (Wildman–Crippen LogP) is 3.12. The van der Waals surface area contributed by atoms with Gasteiger partial charge in [0.2, 0.25) is 0 Å². The van der Waals surface area contributed by atoms with Gasteiger partial charge < -0.3 is 4.74 Å². The van der Waals surface area contributed by atoms with Crippen molar-refractivity contribution < 1.29 is 13.2 Å². The highest BCUT2D eigenvalue weighted by atomic mass is 32.2. The van der Waals surface area contributed by atoms with Gasteiger partial charge in [-0.25, -0.2) is 0 Å². The smallest absolute Gasteiger partial charge is 0.282 e. The summed E-state index contributed by atoms with van der Waals surface area (Å²) in [6.07, 6.45) is 1.35. The van der Waals surface area contributed by atoms with Crippen LogP contribution >= 0.6 is 0 Å². The minimum Gasteiger partial charge on any atom is -0.496 e. The lowest BCUT2D eigenvalue weighted by atomic mass is 10.1. The number of hydrogen-bond donors (Lipinski definition) is 0. The Labute approximate surface area is 125 Å². The maximum Gasteiger partial charge on any atom is 0.282 e. The van der Waals surface area contributed by atoms with Gasteiger partial charge in [-0.2, -0.15) is 12.8 Å². The van der Waals surface area contributed by atoms with Crippen molar-refractivity contribution in [2.24, 2.45) is 4.40 Å². The molecular formula is C16H17NO3S. The third-order valence-corrected chi connectivity index (χ3v) is 4.33. The molecule has 0 saturated carbocycles. The lowest BCUT2D eigenvalue weighted by molar-refractivity contribution is 0.411. The van der Waals surface area contributed by atoms with Gasteiger partial charge in [0, 0.05) is 6.21 Å². The summed E-state index contributed by atoms with van der Waals surface area (Å²) in [5.41, 5.74) is 2.64. The van der Waals surface area contributed by atoms with Crippen molar-refractivity contribution in [3.63, 3.8) is 0 Å². The molecule has 0 spiro atoms. The Morgan fingerprint density at radius 3 is 2.29 bits per heavy atom. The van der Waals surface area contributed by atoms with E-state index in [1.165, 1.54) is 6.21 Å². The van der Waals surface area contributed by atoms with E-state index in [-0.39, 0.29) is 4.90 Å². The summed E-state index contributed by atoms with van der Waals surface area (Å²) in [6, 6.07) is 12.0. The molecule has 0 aliphatic carbocycles. The largest absolute Gasteiger partial charge is 0.496 e. The van der Waals surface area contributed by atoms with E-state index in [4.69, 9.17) is 4.74 Å². The Balaban J connectivity index is 2.27. The Bertz CT molecular complexity index is 763. The topological polar surface area (TPSA) is 55.7 Å². The molecule has 2 aromatic rings. The molecule has 0 bridgehead atoms. The highest BCUT2D eigenvalue weighted by Gasteiger charge is 2.11. The molecule has 0 radical (unpaired) electrons. The SMILES string of the molecule is COc1ccc(C=NS(=O)(=O)c2ccc(C)cc2)cc1C. The van der Waals surface area contributed by atoms with Crippen molar-refractivity contribution in [1.82, 2.24) is 0 Å². The first kappa shape index (κ1) is 15.3. The van der Waals surface area contributed by atoms with Crippen LogP contribution in [0.1, 0.15) is 16.7 Å². The van der Waals surface area contributed by atoms with Crippen LogP contribution < -0.4 is 4.74 Å². The molecule has 0 amide bonds. The minimum atomic E-state index is -3.67. The summed E-state index contributed by atoms with van der Waals surface area (Å²) < 4.78 is 33.1. The first-order valence-corrected chi connectivity index (χ1v) is 7.88. The second-order valence-corrected chi connectivity index (χ2v) is 6.38. The van der Waals surface area contributed by atoms with Crippen LogP contribution in [0.4, 0.5) is 0 Å². The molecule has 0 unspecified atom stereocenters. The molecule has 110 valence electrons. The van der Waals surface area contributed by atoms with Crippen LogP contribution in [0.15, 0.2) is 51.8 Å². The zero-order chi connectivity index (χ0) is 15.5. The number of rotatable bonds is 4. The van der Waals surface area contributed by atoms with Gasteiger partial charge in [0.05, 0.1) is 12.0 Å². The monoisotopic (exact) mass is 303 g/mol. The lowest BCUT2D eigenvalue weighted by Crippen LogP contribution is -1.98. The zero-order valence-corrected chi connectivity index (χ0v) is 13.0. The normalized spacial score (nSPS) is 11.8. The number of sulfonamides is 1. The zero-order valence-electron chi connectivity index (χ0n) is 12.2. The maximum atomic E-state index is 12.1. The molecule has 0 aliphatic rings. The fourth-order valence-electron chi connectivity index (χ4n) is 1.88. The average molecular weight is 303 g/mol. The molecule has 4 nitrogen and oxygen atoms in total. The molecule has 2 aromatic carbocycles. The van der Waals surface area contributed by atoms with Gasteiger partial charge in [-0.15, -0.1) is 0 Å². The summed E-state index contributed by atoms with van der Waals surface area (Å²) in [7, 11) is -2.07. The van der Waals surface area contributed by atoms with Crippen LogP contribution in [-0.2, 0) is 10.0 Å². The van der Waals surface area contributed by atoms with E-state index >= 15 is 0 Å². The lowest BCUT2D eigenvalue weighted by Gasteiger charge is -2.04. The molecule has 2 rings (SSSR count). The number of ether oxygens (including phenoxy) is 1. The number of aryl methyl sites for hydroxylation is 2. The van der Waals surface area contributed by atoms with Gasteiger partial charge in [0.1, 0.15) is 5.75 Å². The number of nitrogens with zero attached hydrogens (tertiary/aromatic N) is 1. The van der Waals surface area contributed by atoms with Crippen LogP contribution in [-0.4, -0.2) is 21.7 Å². The number of benzene rings is 2.